The first-order valence-electron chi connectivity index (χ1n) is 5.98. The Balaban J connectivity index is 2.39. The van der Waals surface area contributed by atoms with Gasteiger partial charge in [0.05, 0.1) is 5.56 Å². The summed E-state index contributed by atoms with van der Waals surface area (Å²) in [6, 6.07) is 4.96. The van der Waals surface area contributed by atoms with Gasteiger partial charge in [-0.2, -0.15) is 13.2 Å². The van der Waals surface area contributed by atoms with Crippen molar-refractivity contribution in [1.82, 2.24) is 5.32 Å². The van der Waals surface area contributed by atoms with Gasteiger partial charge >= 0.3 is 6.18 Å². The van der Waals surface area contributed by atoms with E-state index >= 15 is 0 Å². The van der Waals surface area contributed by atoms with E-state index in [0.717, 1.165) is 6.07 Å². The number of nitrogens with one attached hydrogen (secondary N) is 1. The van der Waals surface area contributed by atoms with E-state index in [4.69, 9.17) is 0 Å². The van der Waals surface area contributed by atoms with E-state index in [0.29, 0.717) is 5.75 Å². The van der Waals surface area contributed by atoms with Crippen molar-refractivity contribution in [3.63, 3.8) is 0 Å². The van der Waals surface area contributed by atoms with Crippen molar-refractivity contribution in [2.75, 3.05) is 11.5 Å². The van der Waals surface area contributed by atoms with Gasteiger partial charge in [-0.15, -0.1) is 0 Å². The highest BCUT2D eigenvalue weighted by Crippen LogP contribution is 2.36. The summed E-state index contributed by atoms with van der Waals surface area (Å²) >= 11 is 0. The van der Waals surface area contributed by atoms with E-state index < -0.39 is 34.1 Å². The monoisotopic (exact) mass is 291 g/mol. The molecule has 0 saturated carbocycles. The van der Waals surface area contributed by atoms with Gasteiger partial charge in [-0.05, 0) is 25.5 Å². The number of hydrogen-bond donors (Lipinski definition) is 1. The quantitative estimate of drug-likeness (QED) is 0.862. The van der Waals surface area contributed by atoms with Crippen LogP contribution < -0.4 is 5.32 Å². The van der Waals surface area contributed by atoms with Gasteiger partial charge < -0.3 is 5.32 Å². The summed E-state index contributed by atoms with van der Waals surface area (Å²) in [6.07, 6.45) is -4.39. The van der Waals surface area contributed by atoms with Gasteiger partial charge in [-0.25, -0.2) is 0 Å². The van der Waals surface area contributed by atoms with Gasteiger partial charge in [0.2, 0.25) is 0 Å². The van der Waals surface area contributed by atoms with Crippen LogP contribution in [0.4, 0.5) is 13.2 Å². The summed E-state index contributed by atoms with van der Waals surface area (Å²) < 4.78 is 50.8. The summed E-state index contributed by atoms with van der Waals surface area (Å²) in [7, 11) is -1.11. The lowest BCUT2D eigenvalue weighted by molar-refractivity contribution is -0.138. The van der Waals surface area contributed by atoms with Crippen molar-refractivity contribution in [3.8, 4) is 0 Å². The van der Waals surface area contributed by atoms with Gasteiger partial charge in [0, 0.05) is 33.9 Å². The Morgan fingerprint density at radius 1 is 1.32 bits per heavy atom. The molecule has 1 aliphatic heterocycles. The third kappa shape index (κ3) is 3.36. The van der Waals surface area contributed by atoms with Crippen molar-refractivity contribution in [1.29, 1.82) is 0 Å². The van der Waals surface area contributed by atoms with Crippen molar-refractivity contribution >= 4 is 10.8 Å². The number of hydrogen-bond acceptors (Lipinski definition) is 2. The molecule has 1 aliphatic rings. The Kier molecular flexibility index (Phi) is 3.75. The van der Waals surface area contributed by atoms with Crippen molar-refractivity contribution in [2.24, 2.45) is 0 Å². The molecule has 0 bridgehead atoms. The number of benzene rings is 1. The molecule has 2 atom stereocenters. The van der Waals surface area contributed by atoms with Crippen LogP contribution in [0.3, 0.4) is 0 Å². The highest BCUT2D eigenvalue weighted by molar-refractivity contribution is 7.85. The molecular formula is C13H16F3NOS. The zero-order valence-electron chi connectivity index (χ0n) is 10.8. The maximum atomic E-state index is 13.0. The van der Waals surface area contributed by atoms with E-state index in [9.17, 15) is 17.4 Å². The van der Waals surface area contributed by atoms with Crippen molar-refractivity contribution in [3.05, 3.63) is 35.4 Å². The second-order valence-electron chi connectivity index (χ2n) is 5.42. The van der Waals surface area contributed by atoms with Crippen LogP contribution in [0.15, 0.2) is 24.3 Å². The SMILES string of the molecule is CC1(C)CS(=O)CC(c2ccccc2C(F)(F)F)N1. The fourth-order valence-electron chi connectivity index (χ4n) is 2.43. The molecule has 0 aliphatic carbocycles. The zero-order valence-corrected chi connectivity index (χ0v) is 11.6. The molecule has 6 heteroatoms. The number of alkyl halides is 3. The highest BCUT2D eigenvalue weighted by atomic mass is 32.2. The summed E-state index contributed by atoms with van der Waals surface area (Å²) in [5.41, 5.74) is -0.898. The average Bonchev–Trinajstić information content (AvgIpc) is 2.25. The van der Waals surface area contributed by atoms with E-state index in [1.165, 1.54) is 12.1 Å². The van der Waals surface area contributed by atoms with Gasteiger partial charge in [0.25, 0.3) is 0 Å². The van der Waals surface area contributed by atoms with Gasteiger partial charge in [0.15, 0.2) is 0 Å². The molecule has 0 amide bonds. The second kappa shape index (κ2) is 4.90. The number of halogens is 3. The summed E-state index contributed by atoms with van der Waals surface area (Å²) in [4.78, 5) is 0. The lowest BCUT2D eigenvalue weighted by Gasteiger charge is -2.37. The fraction of sp³-hybridized carbons (Fsp3) is 0.538. The lowest BCUT2D eigenvalue weighted by Crippen LogP contribution is -2.52. The predicted octanol–water partition coefficient (Wildman–Crippen LogP) is 2.88. The molecule has 19 heavy (non-hydrogen) atoms. The van der Waals surface area contributed by atoms with Crippen LogP contribution in [-0.4, -0.2) is 21.3 Å². The first-order valence-corrected chi connectivity index (χ1v) is 7.47. The maximum Gasteiger partial charge on any atom is 0.416 e. The number of rotatable bonds is 1. The minimum Gasteiger partial charge on any atom is -0.303 e. The van der Waals surface area contributed by atoms with E-state index in [1.54, 1.807) is 6.07 Å². The van der Waals surface area contributed by atoms with E-state index in [2.05, 4.69) is 5.32 Å². The average molecular weight is 291 g/mol. The molecule has 2 unspecified atom stereocenters. The largest absolute Gasteiger partial charge is 0.416 e. The van der Waals surface area contributed by atoms with Crippen molar-refractivity contribution in [2.45, 2.75) is 31.6 Å². The molecule has 1 heterocycles. The summed E-state index contributed by atoms with van der Waals surface area (Å²) in [5, 5.41) is 3.16. The molecule has 1 fully saturated rings. The second-order valence-corrected chi connectivity index (χ2v) is 6.92. The Labute approximate surface area is 112 Å². The predicted molar refractivity (Wildman–Crippen MR) is 69.3 cm³/mol. The molecule has 1 aromatic carbocycles. The van der Waals surface area contributed by atoms with Gasteiger partial charge in [-0.1, -0.05) is 18.2 Å². The zero-order chi connectivity index (χ0) is 14.3. The van der Waals surface area contributed by atoms with Crippen LogP contribution in [0.5, 0.6) is 0 Å². The molecule has 1 N–H and O–H groups in total. The standard InChI is InChI=1S/C13H16F3NOS/c1-12(2)8-19(18)7-11(17-12)9-5-3-4-6-10(9)13(14,15)16/h3-6,11,17H,7-8H2,1-2H3. The Hall–Kier alpha value is -0.880. The molecule has 106 valence electrons. The summed E-state index contributed by atoms with van der Waals surface area (Å²) in [5.74, 6) is 0.675. The molecular weight excluding hydrogens is 275 g/mol. The third-order valence-corrected chi connectivity index (χ3v) is 4.83. The van der Waals surface area contributed by atoms with Crippen LogP contribution in [0.1, 0.15) is 31.0 Å². The first-order chi connectivity index (χ1) is 8.69. The first kappa shape index (κ1) is 14.5. The summed E-state index contributed by atoms with van der Waals surface area (Å²) in [6.45, 7) is 3.71. The normalized spacial score (nSPS) is 27.2. The Bertz CT molecular complexity index is 499. The molecule has 0 aromatic heterocycles. The molecule has 0 radical (unpaired) electrons. The van der Waals surface area contributed by atoms with Crippen molar-refractivity contribution < 1.29 is 17.4 Å². The minimum atomic E-state index is -4.39. The van der Waals surface area contributed by atoms with Crippen LogP contribution in [-0.2, 0) is 17.0 Å². The topological polar surface area (TPSA) is 29.1 Å². The van der Waals surface area contributed by atoms with Crippen LogP contribution >= 0.6 is 0 Å². The van der Waals surface area contributed by atoms with Gasteiger partial charge in [0.1, 0.15) is 0 Å². The van der Waals surface area contributed by atoms with Crippen LogP contribution in [0.25, 0.3) is 0 Å². The molecule has 0 spiro atoms. The van der Waals surface area contributed by atoms with Crippen LogP contribution in [0.2, 0.25) is 0 Å². The van der Waals surface area contributed by atoms with E-state index in [-0.39, 0.29) is 11.3 Å². The molecule has 2 nitrogen and oxygen atoms in total. The molecule has 1 saturated heterocycles. The van der Waals surface area contributed by atoms with E-state index in [1.807, 2.05) is 13.8 Å². The minimum absolute atomic E-state index is 0.177. The highest BCUT2D eigenvalue weighted by Gasteiger charge is 2.38. The molecule has 2 rings (SSSR count). The van der Waals surface area contributed by atoms with Gasteiger partial charge in [-0.3, -0.25) is 4.21 Å². The smallest absolute Gasteiger partial charge is 0.303 e. The lowest BCUT2D eigenvalue weighted by atomic mass is 9.97. The molecule has 1 aromatic rings. The Morgan fingerprint density at radius 2 is 1.95 bits per heavy atom. The maximum absolute atomic E-state index is 13.0. The Morgan fingerprint density at radius 3 is 2.53 bits per heavy atom. The fourth-order valence-corrected chi connectivity index (χ4v) is 4.07. The van der Waals surface area contributed by atoms with Crippen LogP contribution in [0, 0.1) is 0 Å². The third-order valence-electron chi connectivity index (χ3n) is 3.08.